The zero-order chi connectivity index (χ0) is 26.1. The molecular weight excluding hydrogens is 464 g/mol. The predicted octanol–water partition coefficient (Wildman–Crippen LogP) is 6.76. The number of hydrogen-bond donors (Lipinski definition) is 1. The van der Waals surface area contributed by atoms with Gasteiger partial charge in [-0.3, -0.25) is 4.90 Å². The number of benzene rings is 3. The summed E-state index contributed by atoms with van der Waals surface area (Å²) in [6, 6.07) is 21.1. The van der Waals surface area contributed by atoms with Gasteiger partial charge in [0.05, 0.1) is 23.9 Å². The molecule has 37 heavy (non-hydrogen) atoms. The molecule has 7 nitrogen and oxygen atoms in total. The third-order valence-electron chi connectivity index (χ3n) is 6.44. The Hall–Kier alpha value is -4.39. The van der Waals surface area contributed by atoms with E-state index in [0.29, 0.717) is 18.3 Å². The molecule has 1 atom stereocenters. The van der Waals surface area contributed by atoms with E-state index in [1.54, 1.807) is 4.90 Å². The van der Waals surface area contributed by atoms with Gasteiger partial charge in [-0.15, -0.1) is 0 Å². The standard InChI is InChI=1S/C30H30N4O3/c1-6-36-25-13-11-23(12-14-25)28-32-29(37-33-28)26-21(5)34(24-16-19(3)15-20(4)17-24)30(35)31-27(26)22-9-7-18(2)8-10-22/h7-17,27H,6H2,1-5H3,(H,31,35). The second-order valence-corrected chi connectivity index (χ2v) is 9.35. The van der Waals surface area contributed by atoms with Crippen LogP contribution in [-0.4, -0.2) is 22.8 Å². The summed E-state index contributed by atoms with van der Waals surface area (Å²) in [6.07, 6.45) is 0. The van der Waals surface area contributed by atoms with Crippen LogP contribution in [-0.2, 0) is 0 Å². The van der Waals surface area contributed by atoms with E-state index in [2.05, 4.69) is 16.5 Å². The lowest BCUT2D eigenvalue weighted by Crippen LogP contribution is -2.46. The number of carbonyl (C=O) groups excluding carboxylic acids is 1. The van der Waals surface area contributed by atoms with Crippen LogP contribution in [0, 0.1) is 20.8 Å². The van der Waals surface area contributed by atoms with Crippen LogP contribution >= 0.6 is 0 Å². The van der Waals surface area contributed by atoms with Crippen LogP contribution in [0.4, 0.5) is 10.5 Å². The van der Waals surface area contributed by atoms with Gasteiger partial charge in [-0.1, -0.05) is 41.1 Å². The van der Waals surface area contributed by atoms with Crippen LogP contribution in [0.25, 0.3) is 17.0 Å². The van der Waals surface area contributed by atoms with E-state index < -0.39 is 6.04 Å². The fourth-order valence-corrected chi connectivity index (χ4v) is 4.74. The molecule has 1 aliphatic heterocycles. The molecule has 0 aliphatic carbocycles. The number of hydrogen-bond acceptors (Lipinski definition) is 5. The van der Waals surface area contributed by atoms with Crippen molar-refractivity contribution in [1.29, 1.82) is 0 Å². The number of ether oxygens (including phenoxy) is 1. The number of aryl methyl sites for hydroxylation is 3. The lowest BCUT2D eigenvalue weighted by atomic mass is 9.93. The molecule has 1 aliphatic rings. The minimum atomic E-state index is -0.441. The minimum Gasteiger partial charge on any atom is -0.494 e. The summed E-state index contributed by atoms with van der Waals surface area (Å²) in [5.41, 5.74) is 7.33. The van der Waals surface area contributed by atoms with E-state index >= 15 is 0 Å². The van der Waals surface area contributed by atoms with Crippen molar-refractivity contribution in [2.45, 2.75) is 40.7 Å². The highest BCUT2D eigenvalue weighted by molar-refractivity contribution is 6.01. The van der Waals surface area contributed by atoms with Crippen LogP contribution in [0.3, 0.4) is 0 Å². The average molecular weight is 495 g/mol. The molecule has 188 valence electrons. The first-order chi connectivity index (χ1) is 17.8. The van der Waals surface area contributed by atoms with Gasteiger partial charge in [-0.2, -0.15) is 4.98 Å². The van der Waals surface area contributed by atoms with Gasteiger partial charge < -0.3 is 14.6 Å². The lowest BCUT2D eigenvalue weighted by Gasteiger charge is -2.35. The van der Waals surface area contributed by atoms with Crippen molar-refractivity contribution in [2.75, 3.05) is 11.5 Å². The number of aromatic nitrogens is 2. The maximum Gasteiger partial charge on any atom is 0.326 e. The molecule has 0 radical (unpaired) electrons. The molecule has 1 N–H and O–H groups in total. The summed E-state index contributed by atoms with van der Waals surface area (Å²) in [5.74, 6) is 1.62. The first-order valence-electron chi connectivity index (χ1n) is 12.4. The summed E-state index contributed by atoms with van der Waals surface area (Å²) in [4.78, 5) is 19.9. The summed E-state index contributed by atoms with van der Waals surface area (Å²) in [7, 11) is 0. The summed E-state index contributed by atoms with van der Waals surface area (Å²) >= 11 is 0. The summed E-state index contributed by atoms with van der Waals surface area (Å²) < 4.78 is 11.4. The van der Waals surface area contributed by atoms with Crippen molar-refractivity contribution in [2.24, 2.45) is 0 Å². The monoisotopic (exact) mass is 494 g/mol. The number of rotatable bonds is 6. The number of carbonyl (C=O) groups is 1. The normalized spacial score (nSPS) is 15.6. The summed E-state index contributed by atoms with van der Waals surface area (Å²) in [6.45, 7) is 10.6. The molecule has 3 aromatic carbocycles. The fraction of sp³-hybridized carbons (Fsp3) is 0.233. The van der Waals surface area contributed by atoms with Crippen LogP contribution in [0.1, 0.15) is 48.0 Å². The quantitative estimate of drug-likeness (QED) is 0.320. The Kier molecular flexibility index (Phi) is 6.53. The third kappa shape index (κ3) is 4.85. The first kappa shape index (κ1) is 24.3. The van der Waals surface area contributed by atoms with Gasteiger partial charge in [-0.25, -0.2) is 4.79 Å². The molecule has 0 saturated heterocycles. The van der Waals surface area contributed by atoms with Crippen molar-refractivity contribution in [3.63, 3.8) is 0 Å². The molecule has 4 aromatic rings. The molecule has 5 rings (SSSR count). The van der Waals surface area contributed by atoms with E-state index in [1.807, 2.05) is 95.3 Å². The molecule has 1 unspecified atom stereocenters. The van der Waals surface area contributed by atoms with Crippen molar-refractivity contribution >= 4 is 17.3 Å². The Morgan fingerprint density at radius 3 is 2.24 bits per heavy atom. The number of nitrogens with one attached hydrogen (secondary N) is 1. The largest absolute Gasteiger partial charge is 0.494 e. The highest BCUT2D eigenvalue weighted by Gasteiger charge is 2.36. The molecule has 2 amide bonds. The second-order valence-electron chi connectivity index (χ2n) is 9.35. The smallest absolute Gasteiger partial charge is 0.326 e. The fourth-order valence-electron chi connectivity index (χ4n) is 4.74. The average Bonchev–Trinajstić information content (AvgIpc) is 3.34. The molecule has 1 aromatic heterocycles. The number of allylic oxidation sites excluding steroid dienone is 1. The molecule has 0 saturated carbocycles. The minimum absolute atomic E-state index is 0.205. The lowest BCUT2D eigenvalue weighted by molar-refractivity contribution is 0.244. The van der Waals surface area contributed by atoms with Crippen molar-refractivity contribution in [3.8, 4) is 17.1 Å². The third-order valence-corrected chi connectivity index (χ3v) is 6.44. The number of nitrogens with zero attached hydrogens (tertiary/aromatic N) is 3. The van der Waals surface area contributed by atoms with E-state index in [1.165, 1.54) is 0 Å². The van der Waals surface area contributed by atoms with Crippen LogP contribution in [0.2, 0.25) is 0 Å². The second kappa shape index (κ2) is 9.93. The maximum atomic E-state index is 13.5. The van der Waals surface area contributed by atoms with E-state index in [0.717, 1.165) is 50.5 Å². The molecule has 0 bridgehead atoms. The number of urea groups is 1. The molecule has 2 heterocycles. The van der Waals surface area contributed by atoms with Crippen molar-refractivity contribution in [1.82, 2.24) is 15.5 Å². The van der Waals surface area contributed by atoms with E-state index in [4.69, 9.17) is 14.2 Å². The first-order valence-corrected chi connectivity index (χ1v) is 12.4. The Balaban J connectivity index is 1.62. The van der Waals surface area contributed by atoms with Crippen LogP contribution in [0.15, 0.2) is 77.0 Å². The Morgan fingerprint density at radius 1 is 0.919 bits per heavy atom. The zero-order valence-corrected chi connectivity index (χ0v) is 21.7. The molecular formula is C30H30N4O3. The van der Waals surface area contributed by atoms with Gasteiger partial charge >= 0.3 is 6.03 Å². The van der Waals surface area contributed by atoms with E-state index in [-0.39, 0.29) is 6.03 Å². The van der Waals surface area contributed by atoms with Crippen LogP contribution < -0.4 is 15.0 Å². The Bertz CT molecular complexity index is 1450. The number of anilines is 1. The van der Waals surface area contributed by atoms with Gasteiger partial charge in [0.2, 0.25) is 5.82 Å². The van der Waals surface area contributed by atoms with Gasteiger partial charge in [0.25, 0.3) is 5.89 Å². The van der Waals surface area contributed by atoms with E-state index in [9.17, 15) is 4.79 Å². The summed E-state index contributed by atoms with van der Waals surface area (Å²) in [5, 5.41) is 7.44. The predicted molar refractivity (Wildman–Crippen MR) is 144 cm³/mol. The van der Waals surface area contributed by atoms with Gasteiger partial charge in [0.1, 0.15) is 5.75 Å². The van der Waals surface area contributed by atoms with Gasteiger partial charge in [0, 0.05) is 11.3 Å². The van der Waals surface area contributed by atoms with Crippen molar-refractivity contribution < 1.29 is 14.1 Å². The van der Waals surface area contributed by atoms with Gasteiger partial charge in [0.15, 0.2) is 0 Å². The highest BCUT2D eigenvalue weighted by Crippen LogP contribution is 2.39. The maximum absolute atomic E-state index is 13.5. The van der Waals surface area contributed by atoms with Crippen molar-refractivity contribution in [3.05, 3.63) is 101 Å². The molecule has 0 spiro atoms. The molecule has 0 fully saturated rings. The SMILES string of the molecule is CCOc1ccc(-c2noc(C3=C(C)N(c4cc(C)cc(C)c4)C(=O)NC3c3ccc(C)cc3)n2)cc1. The van der Waals surface area contributed by atoms with Crippen LogP contribution in [0.5, 0.6) is 5.75 Å². The highest BCUT2D eigenvalue weighted by atomic mass is 16.5. The van der Waals surface area contributed by atoms with Gasteiger partial charge in [-0.05, 0) is 87.7 Å². The zero-order valence-electron chi connectivity index (χ0n) is 21.7. The molecule has 7 heteroatoms. The Labute approximate surface area is 216 Å². The topological polar surface area (TPSA) is 80.5 Å². The number of amides is 2. The Morgan fingerprint density at radius 2 is 1.59 bits per heavy atom.